The molecule has 122 valence electrons. The fourth-order valence-corrected chi connectivity index (χ4v) is 2.44. The van der Waals surface area contributed by atoms with E-state index in [9.17, 15) is 4.79 Å². The number of esters is 1. The second-order valence-corrected chi connectivity index (χ2v) is 5.55. The van der Waals surface area contributed by atoms with Crippen LogP contribution >= 0.6 is 0 Å². The molecule has 0 aliphatic heterocycles. The molecule has 0 radical (unpaired) electrons. The number of hydrogen-bond acceptors (Lipinski definition) is 4. The minimum atomic E-state index is -0.432. The van der Waals surface area contributed by atoms with Gasteiger partial charge in [0, 0.05) is 5.56 Å². The van der Waals surface area contributed by atoms with Crippen molar-refractivity contribution in [2.45, 2.75) is 27.7 Å². The quantitative estimate of drug-likeness (QED) is 0.628. The fraction of sp³-hybridized carbons (Fsp3) is 0.316. The van der Waals surface area contributed by atoms with Gasteiger partial charge in [-0.15, -0.1) is 0 Å². The number of carbonyl (C=O) groups excluding carboxylic acids is 1. The SMILES string of the molecule is COc1cc(C(=O)Oc2c(C)ccc(C)c2C)cc(OC)c1C. The summed E-state index contributed by atoms with van der Waals surface area (Å²) in [6.45, 7) is 7.73. The van der Waals surface area contributed by atoms with Crippen LogP contribution in [0.25, 0.3) is 0 Å². The number of benzene rings is 2. The first-order valence-corrected chi connectivity index (χ1v) is 7.40. The molecular formula is C19H22O4. The van der Waals surface area contributed by atoms with Gasteiger partial charge in [0.2, 0.25) is 0 Å². The van der Waals surface area contributed by atoms with Crippen molar-refractivity contribution in [3.05, 3.63) is 52.1 Å². The zero-order valence-corrected chi connectivity index (χ0v) is 14.4. The lowest BCUT2D eigenvalue weighted by atomic mass is 10.1. The number of ether oxygens (including phenoxy) is 3. The zero-order valence-electron chi connectivity index (χ0n) is 14.4. The topological polar surface area (TPSA) is 44.8 Å². The Morgan fingerprint density at radius 1 is 0.826 bits per heavy atom. The van der Waals surface area contributed by atoms with Crippen LogP contribution in [0.1, 0.15) is 32.6 Å². The van der Waals surface area contributed by atoms with Gasteiger partial charge in [-0.1, -0.05) is 12.1 Å². The Kier molecular flexibility index (Phi) is 4.94. The monoisotopic (exact) mass is 314 g/mol. The van der Waals surface area contributed by atoms with E-state index in [1.807, 2.05) is 39.8 Å². The van der Waals surface area contributed by atoms with E-state index >= 15 is 0 Å². The van der Waals surface area contributed by atoms with Crippen LogP contribution in [0.4, 0.5) is 0 Å². The van der Waals surface area contributed by atoms with Crippen molar-refractivity contribution < 1.29 is 19.0 Å². The molecule has 0 heterocycles. The Morgan fingerprint density at radius 3 is 1.87 bits per heavy atom. The molecule has 0 bridgehead atoms. The number of aryl methyl sites for hydroxylation is 2. The van der Waals surface area contributed by atoms with Crippen LogP contribution < -0.4 is 14.2 Å². The molecule has 0 aliphatic carbocycles. The first kappa shape index (κ1) is 16.9. The minimum absolute atomic E-state index is 0.393. The Labute approximate surface area is 137 Å². The molecule has 0 saturated heterocycles. The summed E-state index contributed by atoms with van der Waals surface area (Å²) in [5, 5.41) is 0. The number of methoxy groups -OCH3 is 2. The number of rotatable bonds is 4. The number of hydrogen-bond donors (Lipinski definition) is 0. The van der Waals surface area contributed by atoms with Crippen LogP contribution in [-0.2, 0) is 0 Å². The van der Waals surface area contributed by atoms with E-state index in [4.69, 9.17) is 14.2 Å². The van der Waals surface area contributed by atoms with Gasteiger partial charge in [0.1, 0.15) is 17.2 Å². The van der Waals surface area contributed by atoms with Crippen LogP contribution in [0.3, 0.4) is 0 Å². The molecule has 0 unspecified atom stereocenters. The third kappa shape index (κ3) is 3.31. The lowest BCUT2D eigenvalue weighted by molar-refractivity contribution is 0.0731. The van der Waals surface area contributed by atoms with E-state index < -0.39 is 5.97 Å². The highest BCUT2D eigenvalue weighted by molar-refractivity contribution is 5.92. The van der Waals surface area contributed by atoms with Gasteiger partial charge < -0.3 is 14.2 Å². The van der Waals surface area contributed by atoms with Gasteiger partial charge in [-0.05, 0) is 56.5 Å². The average molecular weight is 314 g/mol. The molecule has 0 aliphatic rings. The van der Waals surface area contributed by atoms with E-state index in [0.29, 0.717) is 22.8 Å². The van der Waals surface area contributed by atoms with Gasteiger partial charge in [-0.2, -0.15) is 0 Å². The molecule has 4 nitrogen and oxygen atoms in total. The molecule has 23 heavy (non-hydrogen) atoms. The fourth-order valence-electron chi connectivity index (χ4n) is 2.44. The van der Waals surface area contributed by atoms with E-state index in [1.54, 1.807) is 26.4 Å². The third-order valence-corrected chi connectivity index (χ3v) is 4.06. The van der Waals surface area contributed by atoms with Crippen LogP contribution in [0.2, 0.25) is 0 Å². The summed E-state index contributed by atoms with van der Waals surface area (Å²) in [6.07, 6.45) is 0. The van der Waals surface area contributed by atoms with Gasteiger partial charge in [-0.3, -0.25) is 0 Å². The summed E-state index contributed by atoms with van der Waals surface area (Å²) in [5.41, 5.74) is 4.20. The molecule has 0 fully saturated rings. The Morgan fingerprint density at radius 2 is 1.35 bits per heavy atom. The summed E-state index contributed by atoms with van der Waals surface area (Å²) in [4.78, 5) is 12.5. The average Bonchev–Trinajstić information content (AvgIpc) is 2.55. The van der Waals surface area contributed by atoms with Crippen LogP contribution in [0.15, 0.2) is 24.3 Å². The summed E-state index contributed by atoms with van der Waals surface area (Å²) in [5.74, 6) is 1.36. The normalized spacial score (nSPS) is 10.3. The first-order valence-electron chi connectivity index (χ1n) is 7.40. The molecule has 0 spiro atoms. The zero-order chi connectivity index (χ0) is 17.1. The summed E-state index contributed by atoms with van der Waals surface area (Å²) in [7, 11) is 3.12. The lowest BCUT2D eigenvalue weighted by Gasteiger charge is -2.15. The smallest absolute Gasteiger partial charge is 0.343 e. The van der Waals surface area contributed by atoms with Crippen molar-refractivity contribution in [1.29, 1.82) is 0 Å². The molecule has 0 N–H and O–H groups in total. The van der Waals surface area contributed by atoms with Gasteiger partial charge in [0.05, 0.1) is 19.8 Å². The van der Waals surface area contributed by atoms with Crippen LogP contribution in [0, 0.1) is 27.7 Å². The lowest BCUT2D eigenvalue weighted by Crippen LogP contribution is -2.11. The highest BCUT2D eigenvalue weighted by Crippen LogP contribution is 2.31. The molecule has 0 amide bonds. The van der Waals surface area contributed by atoms with E-state index in [-0.39, 0.29) is 0 Å². The highest BCUT2D eigenvalue weighted by atomic mass is 16.5. The maximum absolute atomic E-state index is 12.5. The van der Waals surface area contributed by atoms with E-state index in [2.05, 4.69) is 0 Å². The van der Waals surface area contributed by atoms with Crippen LogP contribution in [0.5, 0.6) is 17.2 Å². The summed E-state index contributed by atoms with van der Waals surface area (Å²) < 4.78 is 16.2. The molecule has 4 heteroatoms. The Bertz CT molecular complexity index is 722. The van der Waals surface area contributed by atoms with E-state index in [0.717, 1.165) is 22.3 Å². The first-order chi connectivity index (χ1) is 10.9. The van der Waals surface area contributed by atoms with Crippen molar-refractivity contribution in [3.63, 3.8) is 0 Å². The van der Waals surface area contributed by atoms with Crippen molar-refractivity contribution >= 4 is 5.97 Å². The second-order valence-electron chi connectivity index (χ2n) is 5.55. The second kappa shape index (κ2) is 6.73. The molecule has 2 aromatic carbocycles. The molecule has 0 saturated carbocycles. The maximum atomic E-state index is 12.5. The van der Waals surface area contributed by atoms with Crippen molar-refractivity contribution in [3.8, 4) is 17.2 Å². The van der Waals surface area contributed by atoms with Crippen molar-refractivity contribution in [2.24, 2.45) is 0 Å². The standard InChI is InChI=1S/C19H22O4/c1-11-7-8-12(2)18(13(11)3)23-19(20)15-9-16(21-5)14(4)17(10-15)22-6/h7-10H,1-6H3. The molecule has 0 atom stereocenters. The van der Waals surface area contributed by atoms with Gasteiger partial charge >= 0.3 is 5.97 Å². The van der Waals surface area contributed by atoms with Gasteiger partial charge in [0.25, 0.3) is 0 Å². The minimum Gasteiger partial charge on any atom is -0.496 e. The Balaban J connectivity index is 2.41. The third-order valence-electron chi connectivity index (χ3n) is 4.06. The van der Waals surface area contributed by atoms with Crippen molar-refractivity contribution in [2.75, 3.05) is 14.2 Å². The predicted octanol–water partition coefficient (Wildman–Crippen LogP) is 4.16. The van der Waals surface area contributed by atoms with Gasteiger partial charge in [0.15, 0.2) is 0 Å². The largest absolute Gasteiger partial charge is 0.496 e. The molecule has 0 aromatic heterocycles. The molecule has 2 rings (SSSR count). The van der Waals surface area contributed by atoms with E-state index in [1.165, 1.54) is 0 Å². The summed E-state index contributed by atoms with van der Waals surface area (Å²) >= 11 is 0. The van der Waals surface area contributed by atoms with Crippen molar-refractivity contribution in [1.82, 2.24) is 0 Å². The van der Waals surface area contributed by atoms with Crippen LogP contribution in [-0.4, -0.2) is 20.2 Å². The predicted molar refractivity (Wildman–Crippen MR) is 89.9 cm³/mol. The molecular weight excluding hydrogens is 292 g/mol. The number of carbonyl (C=O) groups is 1. The summed E-state index contributed by atoms with van der Waals surface area (Å²) in [6, 6.07) is 7.29. The maximum Gasteiger partial charge on any atom is 0.343 e. The Hall–Kier alpha value is -2.49. The molecule has 2 aromatic rings. The highest BCUT2D eigenvalue weighted by Gasteiger charge is 2.17. The van der Waals surface area contributed by atoms with Gasteiger partial charge in [-0.25, -0.2) is 4.79 Å².